The van der Waals surface area contributed by atoms with Crippen LogP contribution in [0.2, 0.25) is 0 Å². The quantitative estimate of drug-likeness (QED) is 0.848. The van der Waals surface area contributed by atoms with Crippen LogP contribution in [0.25, 0.3) is 11.0 Å². The van der Waals surface area contributed by atoms with Crippen molar-refractivity contribution < 1.29 is 5.11 Å². The Bertz CT molecular complexity index is 555. The van der Waals surface area contributed by atoms with Crippen molar-refractivity contribution in [3.8, 4) is 5.75 Å². The SMILES string of the molecule is CC(N)Cc1nc2ccc(O)cc2n1C1CC1. The first-order valence-electron chi connectivity index (χ1n) is 6.10. The summed E-state index contributed by atoms with van der Waals surface area (Å²) in [5.74, 6) is 1.34. The predicted octanol–water partition coefficient (Wildman–Crippen LogP) is 1.97. The molecule has 1 fully saturated rings. The number of fused-ring (bicyclic) bond motifs is 1. The molecule has 0 radical (unpaired) electrons. The lowest BCUT2D eigenvalue weighted by atomic mass is 10.2. The minimum Gasteiger partial charge on any atom is -0.508 e. The lowest BCUT2D eigenvalue weighted by Gasteiger charge is -2.09. The first-order valence-corrected chi connectivity index (χ1v) is 6.10. The number of aromatic hydroxyl groups is 1. The van der Waals surface area contributed by atoms with E-state index in [0.29, 0.717) is 11.8 Å². The molecule has 1 aromatic heterocycles. The summed E-state index contributed by atoms with van der Waals surface area (Å²) in [6.07, 6.45) is 3.19. The maximum atomic E-state index is 9.58. The van der Waals surface area contributed by atoms with Gasteiger partial charge in [0, 0.05) is 24.6 Å². The molecule has 4 heteroatoms. The normalized spacial score (nSPS) is 17.5. The fourth-order valence-electron chi connectivity index (χ4n) is 2.30. The summed E-state index contributed by atoms with van der Waals surface area (Å²) in [6, 6.07) is 6.01. The number of hydrogen-bond acceptors (Lipinski definition) is 3. The van der Waals surface area contributed by atoms with Crippen LogP contribution in [0.5, 0.6) is 5.75 Å². The number of hydrogen-bond donors (Lipinski definition) is 2. The molecule has 1 aliphatic carbocycles. The summed E-state index contributed by atoms with van der Waals surface area (Å²) in [4.78, 5) is 4.63. The molecule has 3 N–H and O–H groups in total. The van der Waals surface area contributed by atoms with Gasteiger partial charge in [-0.05, 0) is 31.9 Å². The van der Waals surface area contributed by atoms with E-state index in [1.165, 1.54) is 12.8 Å². The molecule has 90 valence electrons. The van der Waals surface area contributed by atoms with Gasteiger partial charge in [-0.3, -0.25) is 0 Å². The summed E-state index contributed by atoms with van der Waals surface area (Å²) in [6.45, 7) is 1.99. The van der Waals surface area contributed by atoms with Gasteiger partial charge in [-0.25, -0.2) is 4.98 Å². The van der Waals surface area contributed by atoms with Crippen molar-refractivity contribution in [2.75, 3.05) is 0 Å². The molecule has 1 heterocycles. The third-order valence-electron chi connectivity index (χ3n) is 3.16. The molecule has 17 heavy (non-hydrogen) atoms. The summed E-state index contributed by atoms with van der Waals surface area (Å²) < 4.78 is 2.25. The first kappa shape index (κ1) is 10.6. The molecule has 0 spiro atoms. The fraction of sp³-hybridized carbons (Fsp3) is 0.462. The number of nitrogens with two attached hydrogens (primary N) is 1. The van der Waals surface area contributed by atoms with E-state index in [4.69, 9.17) is 5.73 Å². The molecule has 0 amide bonds. The van der Waals surface area contributed by atoms with E-state index in [2.05, 4.69) is 9.55 Å². The van der Waals surface area contributed by atoms with Crippen molar-refractivity contribution in [2.24, 2.45) is 5.73 Å². The van der Waals surface area contributed by atoms with Crippen LogP contribution in [0.4, 0.5) is 0 Å². The summed E-state index contributed by atoms with van der Waals surface area (Å²) in [7, 11) is 0. The zero-order chi connectivity index (χ0) is 12.0. The summed E-state index contributed by atoms with van der Waals surface area (Å²) in [5.41, 5.74) is 7.84. The number of imidazole rings is 1. The Balaban J connectivity index is 2.16. The third-order valence-corrected chi connectivity index (χ3v) is 3.16. The van der Waals surface area contributed by atoms with Gasteiger partial charge >= 0.3 is 0 Å². The monoisotopic (exact) mass is 231 g/mol. The Morgan fingerprint density at radius 2 is 2.29 bits per heavy atom. The van der Waals surface area contributed by atoms with Gasteiger partial charge in [-0.1, -0.05) is 0 Å². The average Bonchev–Trinajstić information content (AvgIpc) is 3.01. The van der Waals surface area contributed by atoms with E-state index in [-0.39, 0.29) is 6.04 Å². The van der Waals surface area contributed by atoms with Crippen LogP contribution in [0.3, 0.4) is 0 Å². The zero-order valence-corrected chi connectivity index (χ0v) is 9.93. The molecule has 0 aliphatic heterocycles. The van der Waals surface area contributed by atoms with Crippen LogP contribution in [-0.2, 0) is 6.42 Å². The van der Waals surface area contributed by atoms with Crippen molar-refractivity contribution in [3.63, 3.8) is 0 Å². The molecule has 1 aromatic carbocycles. The highest BCUT2D eigenvalue weighted by Gasteiger charge is 2.28. The zero-order valence-electron chi connectivity index (χ0n) is 9.93. The Morgan fingerprint density at radius 1 is 1.53 bits per heavy atom. The highest BCUT2D eigenvalue weighted by atomic mass is 16.3. The maximum Gasteiger partial charge on any atom is 0.117 e. The van der Waals surface area contributed by atoms with E-state index in [1.807, 2.05) is 13.0 Å². The van der Waals surface area contributed by atoms with Crippen LogP contribution in [0.15, 0.2) is 18.2 Å². The van der Waals surface area contributed by atoms with Gasteiger partial charge in [0.15, 0.2) is 0 Å². The summed E-state index contributed by atoms with van der Waals surface area (Å²) in [5, 5.41) is 9.58. The number of benzene rings is 1. The minimum atomic E-state index is 0.109. The van der Waals surface area contributed by atoms with Crippen molar-refractivity contribution in [1.82, 2.24) is 9.55 Å². The second kappa shape index (κ2) is 3.74. The van der Waals surface area contributed by atoms with Gasteiger partial charge < -0.3 is 15.4 Å². The number of phenolic OH excluding ortho intramolecular Hbond substituents is 1. The largest absolute Gasteiger partial charge is 0.508 e. The number of nitrogens with zero attached hydrogens (tertiary/aromatic N) is 2. The molecule has 2 aromatic rings. The van der Waals surface area contributed by atoms with E-state index < -0.39 is 0 Å². The lowest BCUT2D eigenvalue weighted by molar-refractivity contribution is 0.476. The molecule has 1 saturated carbocycles. The van der Waals surface area contributed by atoms with E-state index >= 15 is 0 Å². The molecule has 4 nitrogen and oxygen atoms in total. The highest BCUT2D eigenvalue weighted by molar-refractivity contribution is 5.78. The second-order valence-corrected chi connectivity index (χ2v) is 4.98. The van der Waals surface area contributed by atoms with Crippen molar-refractivity contribution in [2.45, 2.75) is 38.3 Å². The van der Waals surface area contributed by atoms with E-state index in [1.54, 1.807) is 12.1 Å². The Morgan fingerprint density at radius 3 is 2.94 bits per heavy atom. The van der Waals surface area contributed by atoms with Gasteiger partial charge in [-0.2, -0.15) is 0 Å². The Hall–Kier alpha value is -1.55. The molecule has 1 unspecified atom stereocenters. The van der Waals surface area contributed by atoms with Crippen LogP contribution >= 0.6 is 0 Å². The van der Waals surface area contributed by atoms with E-state index in [0.717, 1.165) is 23.3 Å². The number of phenols is 1. The summed E-state index contributed by atoms with van der Waals surface area (Å²) >= 11 is 0. The molecule has 3 rings (SSSR count). The average molecular weight is 231 g/mol. The van der Waals surface area contributed by atoms with Crippen LogP contribution in [0, 0.1) is 0 Å². The van der Waals surface area contributed by atoms with E-state index in [9.17, 15) is 5.11 Å². The second-order valence-electron chi connectivity index (χ2n) is 4.98. The number of rotatable bonds is 3. The smallest absolute Gasteiger partial charge is 0.117 e. The minimum absolute atomic E-state index is 0.109. The van der Waals surface area contributed by atoms with Gasteiger partial charge in [-0.15, -0.1) is 0 Å². The standard InChI is InChI=1S/C13H17N3O/c1-8(14)6-13-15-11-5-4-10(17)7-12(11)16(13)9-2-3-9/h4-5,7-9,17H,2-3,6,14H2,1H3. The van der Waals surface area contributed by atoms with Gasteiger partial charge in [0.25, 0.3) is 0 Å². The van der Waals surface area contributed by atoms with Gasteiger partial charge in [0.05, 0.1) is 11.0 Å². The first-order chi connectivity index (χ1) is 8.15. The topological polar surface area (TPSA) is 64.1 Å². The lowest BCUT2D eigenvalue weighted by Crippen LogP contribution is -2.20. The van der Waals surface area contributed by atoms with Crippen molar-refractivity contribution >= 4 is 11.0 Å². The van der Waals surface area contributed by atoms with Gasteiger partial charge in [0.2, 0.25) is 0 Å². The molecule has 0 bridgehead atoms. The molecule has 1 aliphatic rings. The Kier molecular flexibility index (Phi) is 2.33. The van der Waals surface area contributed by atoms with Crippen LogP contribution in [0.1, 0.15) is 31.6 Å². The highest BCUT2D eigenvalue weighted by Crippen LogP contribution is 2.39. The predicted molar refractivity (Wildman–Crippen MR) is 67.0 cm³/mol. The molecule has 1 atom stereocenters. The molecular formula is C13H17N3O. The molecular weight excluding hydrogens is 214 g/mol. The van der Waals surface area contributed by atoms with Gasteiger partial charge in [0.1, 0.15) is 11.6 Å². The van der Waals surface area contributed by atoms with Crippen LogP contribution in [-0.4, -0.2) is 20.7 Å². The van der Waals surface area contributed by atoms with Crippen molar-refractivity contribution in [3.05, 3.63) is 24.0 Å². The maximum absolute atomic E-state index is 9.58. The third kappa shape index (κ3) is 1.89. The van der Waals surface area contributed by atoms with Crippen LogP contribution < -0.4 is 5.73 Å². The van der Waals surface area contributed by atoms with Crippen molar-refractivity contribution in [1.29, 1.82) is 0 Å². The number of aromatic nitrogens is 2. The fourth-order valence-corrected chi connectivity index (χ4v) is 2.30. The Labute approximate surface area is 100 Å². The molecule has 0 saturated heterocycles.